The van der Waals surface area contributed by atoms with Gasteiger partial charge in [0.2, 0.25) is 0 Å². The second kappa shape index (κ2) is 6.79. The van der Waals surface area contributed by atoms with Gasteiger partial charge in [-0.15, -0.1) is 0 Å². The number of pyridine rings is 1. The summed E-state index contributed by atoms with van der Waals surface area (Å²) in [6.07, 6.45) is 4.56. The number of furan rings is 1. The number of benzene rings is 1. The molecular formula is C18H16N2O3. The summed E-state index contributed by atoms with van der Waals surface area (Å²) < 4.78 is 6.52. The monoisotopic (exact) mass is 308 g/mol. The third kappa shape index (κ3) is 3.58. The molecule has 0 saturated carbocycles. The molecule has 0 aliphatic heterocycles. The highest BCUT2D eigenvalue weighted by molar-refractivity contribution is 5.94. The second-order valence-electron chi connectivity index (χ2n) is 5.14. The van der Waals surface area contributed by atoms with Crippen molar-refractivity contribution in [3.05, 3.63) is 94.8 Å². The van der Waals surface area contributed by atoms with Crippen LogP contribution in [0.25, 0.3) is 0 Å². The van der Waals surface area contributed by atoms with Gasteiger partial charge in [-0.2, -0.15) is 0 Å². The number of amides is 1. The fourth-order valence-corrected chi connectivity index (χ4v) is 2.36. The van der Waals surface area contributed by atoms with Crippen molar-refractivity contribution in [2.24, 2.45) is 0 Å². The lowest BCUT2D eigenvalue weighted by Gasteiger charge is -2.20. The van der Waals surface area contributed by atoms with Gasteiger partial charge in [0.05, 0.1) is 24.4 Å². The maximum atomic E-state index is 12.3. The minimum Gasteiger partial charge on any atom is -0.472 e. The zero-order valence-electron chi connectivity index (χ0n) is 12.4. The van der Waals surface area contributed by atoms with Crippen LogP contribution in [0.2, 0.25) is 0 Å². The Hall–Kier alpha value is -3.08. The van der Waals surface area contributed by atoms with Crippen molar-refractivity contribution in [2.75, 3.05) is 0 Å². The van der Waals surface area contributed by atoms with E-state index in [-0.39, 0.29) is 17.5 Å². The quantitative estimate of drug-likeness (QED) is 0.788. The number of nitrogens with zero attached hydrogens (tertiary/aromatic N) is 1. The Morgan fingerprint density at radius 1 is 1.09 bits per heavy atom. The third-order valence-electron chi connectivity index (χ3n) is 3.57. The van der Waals surface area contributed by atoms with Gasteiger partial charge in [-0.3, -0.25) is 9.59 Å². The van der Waals surface area contributed by atoms with Crippen LogP contribution in [0.3, 0.4) is 0 Å². The highest BCUT2D eigenvalue weighted by Crippen LogP contribution is 2.15. The van der Waals surface area contributed by atoms with Crippen LogP contribution in [-0.4, -0.2) is 10.5 Å². The van der Waals surface area contributed by atoms with Crippen LogP contribution in [0, 0.1) is 0 Å². The molecule has 0 aliphatic rings. The van der Waals surface area contributed by atoms with Crippen molar-refractivity contribution >= 4 is 5.91 Å². The lowest BCUT2D eigenvalue weighted by molar-refractivity contribution is 0.0932. The summed E-state index contributed by atoms with van der Waals surface area (Å²) in [4.78, 5) is 24.2. The summed E-state index contributed by atoms with van der Waals surface area (Å²) in [5.74, 6) is -0.239. The molecule has 0 unspecified atom stereocenters. The van der Waals surface area contributed by atoms with E-state index in [9.17, 15) is 9.59 Å². The molecule has 0 fully saturated rings. The van der Waals surface area contributed by atoms with Gasteiger partial charge in [0.1, 0.15) is 6.26 Å². The lowest BCUT2D eigenvalue weighted by atomic mass is 10.1. The van der Waals surface area contributed by atoms with Crippen molar-refractivity contribution in [2.45, 2.75) is 12.6 Å². The topological polar surface area (TPSA) is 64.2 Å². The molecular weight excluding hydrogens is 292 g/mol. The first-order chi connectivity index (χ1) is 11.2. The first-order valence-corrected chi connectivity index (χ1v) is 7.27. The molecule has 3 aromatic rings. The predicted octanol–water partition coefficient (Wildman–Crippen LogP) is 2.61. The predicted molar refractivity (Wildman–Crippen MR) is 86.1 cm³/mol. The van der Waals surface area contributed by atoms with Crippen molar-refractivity contribution in [1.82, 2.24) is 9.88 Å². The smallest absolute Gasteiger partial charge is 0.255 e. The largest absolute Gasteiger partial charge is 0.472 e. The molecule has 5 nitrogen and oxygen atoms in total. The Morgan fingerprint density at radius 3 is 2.57 bits per heavy atom. The molecule has 1 N–H and O–H groups in total. The number of hydrogen-bond acceptors (Lipinski definition) is 3. The third-order valence-corrected chi connectivity index (χ3v) is 3.57. The van der Waals surface area contributed by atoms with Crippen molar-refractivity contribution < 1.29 is 9.21 Å². The summed E-state index contributed by atoms with van der Waals surface area (Å²) in [5, 5.41) is 2.95. The number of carbonyl (C=O) groups is 1. The van der Waals surface area contributed by atoms with Crippen LogP contribution < -0.4 is 10.9 Å². The molecule has 23 heavy (non-hydrogen) atoms. The van der Waals surface area contributed by atoms with Gasteiger partial charge < -0.3 is 14.3 Å². The Bertz CT molecular complexity index is 823. The molecule has 5 heteroatoms. The highest BCUT2D eigenvalue weighted by atomic mass is 16.3. The minimum atomic E-state index is -0.321. The Kier molecular flexibility index (Phi) is 4.38. The maximum absolute atomic E-state index is 12.3. The zero-order valence-corrected chi connectivity index (χ0v) is 12.4. The van der Waals surface area contributed by atoms with E-state index in [0.717, 1.165) is 5.56 Å². The number of nitrogens with one attached hydrogen (secondary N) is 1. The van der Waals surface area contributed by atoms with Gasteiger partial charge in [0.15, 0.2) is 0 Å². The average Bonchev–Trinajstić information content (AvgIpc) is 3.11. The first-order valence-electron chi connectivity index (χ1n) is 7.27. The maximum Gasteiger partial charge on any atom is 0.255 e. The van der Waals surface area contributed by atoms with E-state index < -0.39 is 0 Å². The molecule has 0 radical (unpaired) electrons. The van der Waals surface area contributed by atoms with Crippen LogP contribution in [0.4, 0.5) is 0 Å². The van der Waals surface area contributed by atoms with E-state index in [4.69, 9.17) is 4.42 Å². The van der Waals surface area contributed by atoms with Crippen LogP contribution >= 0.6 is 0 Å². The first kappa shape index (κ1) is 14.8. The Balaban J connectivity index is 1.87. The minimum absolute atomic E-state index is 0.106. The summed E-state index contributed by atoms with van der Waals surface area (Å²) >= 11 is 0. The Morgan fingerprint density at radius 2 is 1.87 bits per heavy atom. The fraction of sp³-hybridized carbons (Fsp3) is 0.111. The molecule has 3 rings (SSSR count). The molecule has 1 amide bonds. The normalized spacial score (nSPS) is 11.8. The average molecular weight is 308 g/mol. The molecule has 0 aliphatic carbocycles. The number of rotatable bonds is 5. The Labute approximate surface area is 133 Å². The molecule has 2 aromatic heterocycles. The second-order valence-corrected chi connectivity index (χ2v) is 5.14. The number of aromatic nitrogens is 1. The molecule has 1 aromatic carbocycles. The van der Waals surface area contributed by atoms with E-state index in [2.05, 4.69) is 5.32 Å². The molecule has 116 valence electrons. The van der Waals surface area contributed by atoms with Gasteiger partial charge in [0, 0.05) is 12.3 Å². The fourth-order valence-electron chi connectivity index (χ4n) is 2.36. The summed E-state index contributed by atoms with van der Waals surface area (Å²) in [7, 11) is 0. The molecule has 0 spiro atoms. The number of hydrogen-bond donors (Lipinski definition) is 1. The van der Waals surface area contributed by atoms with Crippen molar-refractivity contribution in [3.8, 4) is 0 Å². The molecule has 1 atom stereocenters. The standard InChI is InChI=1S/C18H16N2O3/c21-17-8-4-5-10-20(17)12-16(14-6-2-1-3-7-14)19-18(22)15-9-11-23-13-15/h1-11,13,16H,12H2,(H,19,22)/t16-/m1/s1. The van der Waals surface area contributed by atoms with E-state index in [1.165, 1.54) is 18.6 Å². The van der Waals surface area contributed by atoms with Gasteiger partial charge in [0.25, 0.3) is 11.5 Å². The van der Waals surface area contributed by atoms with Gasteiger partial charge >= 0.3 is 0 Å². The lowest BCUT2D eigenvalue weighted by Crippen LogP contribution is -2.33. The molecule has 0 saturated heterocycles. The highest BCUT2D eigenvalue weighted by Gasteiger charge is 2.17. The van der Waals surface area contributed by atoms with Crippen LogP contribution in [0.1, 0.15) is 22.0 Å². The zero-order chi connectivity index (χ0) is 16.1. The van der Waals surface area contributed by atoms with E-state index >= 15 is 0 Å². The molecule has 2 heterocycles. The van der Waals surface area contributed by atoms with Crippen molar-refractivity contribution in [1.29, 1.82) is 0 Å². The van der Waals surface area contributed by atoms with Crippen LogP contribution in [-0.2, 0) is 6.54 Å². The van der Waals surface area contributed by atoms with Crippen LogP contribution in [0.5, 0.6) is 0 Å². The molecule has 0 bridgehead atoms. The van der Waals surface area contributed by atoms with Gasteiger partial charge in [-0.1, -0.05) is 36.4 Å². The number of carbonyl (C=O) groups excluding carboxylic acids is 1. The van der Waals surface area contributed by atoms with E-state index in [0.29, 0.717) is 12.1 Å². The van der Waals surface area contributed by atoms with Gasteiger partial charge in [-0.05, 0) is 17.7 Å². The summed E-state index contributed by atoms with van der Waals surface area (Å²) in [6.45, 7) is 0.354. The summed E-state index contributed by atoms with van der Waals surface area (Å²) in [6, 6.07) is 15.8. The van der Waals surface area contributed by atoms with E-state index in [1.807, 2.05) is 30.3 Å². The van der Waals surface area contributed by atoms with Gasteiger partial charge in [-0.25, -0.2) is 0 Å². The summed E-state index contributed by atoms with van der Waals surface area (Å²) in [5.41, 5.74) is 1.28. The SMILES string of the molecule is O=C(N[C@H](Cn1ccccc1=O)c1ccccc1)c1ccoc1. The van der Waals surface area contributed by atoms with Crippen LogP contribution in [0.15, 0.2) is 82.5 Å². The van der Waals surface area contributed by atoms with E-state index in [1.54, 1.807) is 29.0 Å². The van der Waals surface area contributed by atoms with Crippen molar-refractivity contribution in [3.63, 3.8) is 0 Å².